The highest BCUT2D eigenvalue weighted by molar-refractivity contribution is 5.74. The Morgan fingerprint density at radius 3 is 1.22 bits per heavy atom. The number of esters is 3. The molecule has 0 saturated carbocycles. The number of hydrogen-bond donors (Lipinski definition) is 3. The highest BCUT2D eigenvalue weighted by atomic mass is 16.7. The molecule has 464 valence electrons. The van der Waals surface area contributed by atoms with Gasteiger partial charge in [-0.1, -0.05) is 228 Å². The van der Waals surface area contributed by atoms with Crippen LogP contribution in [0.4, 0.5) is 0 Å². The molecule has 0 bridgehead atoms. The minimum Gasteiger partial charge on any atom is -0.479 e. The molecular formula is C69H116O12. The summed E-state index contributed by atoms with van der Waals surface area (Å²) in [6.07, 6.45) is 61.0. The molecule has 81 heavy (non-hydrogen) atoms. The second-order valence-electron chi connectivity index (χ2n) is 22.0. The van der Waals surface area contributed by atoms with Crippen LogP contribution in [0.1, 0.15) is 278 Å². The predicted octanol–water partition coefficient (Wildman–Crippen LogP) is 17.5. The zero-order chi connectivity index (χ0) is 58.9. The van der Waals surface area contributed by atoms with Gasteiger partial charge in [0, 0.05) is 19.3 Å². The van der Waals surface area contributed by atoms with Crippen molar-refractivity contribution in [2.75, 3.05) is 13.2 Å². The van der Waals surface area contributed by atoms with Crippen LogP contribution in [0.3, 0.4) is 0 Å². The molecule has 0 spiro atoms. The van der Waals surface area contributed by atoms with Crippen molar-refractivity contribution in [2.24, 2.45) is 0 Å². The first-order valence-electron chi connectivity index (χ1n) is 32.6. The number of allylic oxidation sites excluding steroid dienone is 14. The van der Waals surface area contributed by atoms with Crippen molar-refractivity contribution in [3.63, 3.8) is 0 Å². The van der Waals surface area contributed by atoms with Crippen LogP contribution in [0.15, 0.2) is 85.1 Å². The summed E-state index contributed by atoms with van der Waals surface area (Å²) >= 11 is 0. The summed E-state index contributed by atoms with van der Waals surface area (Å²) < 4.78 is 28.5. The molecule has 1 aliphatic heterocycles. The van der Waals surface area contributed by atoms with E-state index in [2.05, 4.69) is 106 Å². The Balaban J connectivity index is 2.67. The minimum atomic E-state index is -1.91. The van der Waals surface area contributed by atoms with Gasteiger partial charge in [-0.2, -0.15) is 0 Å². The Morgan fingerprint density at radius 2 is 0.778 bits per heavy atom. The van der Waals surface area contributed by atoms with Crippen molar-refractivity contribution in [2.45, 2.75) is 314 Å². The third-order valence-electron chi connectivity index (χ3n) is 14.4. The first-order valence-corrected chi connectivity index (χ1v) is 32.6. The number of aliphatic carboxylic acids is 1. The third-order valence-corrected chi connectivity index (χ3v) is 14.4. The molecule has 12 nitrogen and oxygen atoms in total. The number of aliphatic hydroxyl groups excluding tert-OH is 2. The van der Waals surface area contributed by atoms with Crippen LogP contribution in [0.25, 0.3) is 0 Å². The molecule has 0 aromatic heterocycles. The van der Waals surface area contributed by atoms with E-state index in [0.717, 1.165) is 135 Å². The number of unbranched alkanes of at least 4 members (excludes halogenated alkanes) is 27. The van der Waals surface area contributed by atoms with Crippen molar-refractivity contribution in [3.8, 4) is 0 Å². The van der Waals surface area contributed by atoms with Gasteiger partial charge in [-0.25, -0.2) is 4.79 Å². The molecule has 3 N–H and O–H groups in total. The van der Waals surface area contributed by atoms with Gasteiger partial charge in [-0.05, 0) is 116 Å². The fraction of sp³-hybridized carbons (Fsp3) is 0.739. The molecule has 0 aromatic carbocycles. The van der Waals surface area contributed by atoms with E-state index in [1.54, 1.807) is 0 Å². The van der Waals surface area contributed by atoms with Gasteiger partial charge in [-0.3, -0.25) is 14.4 Å². The summed E-state index contributed by atoms with van der Waals surface area (Å²) in [4.78, 5) is 51.3. The number of aliphatic hydroxyl groups is 2. The lowest BCUT2D eigenvalue weighted by atomic mass is 9.98. The van der Waals surface area contributed by atoms with E-state index in [4.69, 9.17) is 23.7 Å². The van der Waals surface area contributed by atoms with E-state index in [1.807, 2.05) is 0 Å². The lowest BCUT2D eigenvalue weighted by Crippen LogP contribution is -2.61. The van der Waals surface area contributed by atoms with Crippen molar-refractivity contribution in [3.05, 3.63) is 85.1 Å². The van der Waals surface area contributed by atoms with Gasteiger partial charge in [0.15, 0.2) is 24.6 Å². The lowest BCUT2D eigenvalue weighted by molar-refractivity contribution is -0.301. The quantitative estimate of drug-likeness (QED) is 0.0228. The smallest absolute Gasteiger partial charge is 0.335 e. The Bertz CT molecular complexity index is 1730. The molecule has 1 rings (SSSR count). The van der Waals surface area contributed by atoms with Gasteiger partial charge in [0.2, 0.25) is 0 Å². The van der Waals surface area contributed by atoms with Gasteiger partial charge in [-0.15, -0.1) is 0 Å². The minimum absolute atomic E-state index is 0.0396. The largest absolute Gasteiger partial charge is 0.479 e. The number of carboxylic acids is 1. The van der Waals surface area contributed by atoms with E-state index < -0.39 is 67.3 Å². The number of carbonyl (C=O) groups is 4. The Hall–Kier alpha value is -4.10. The third kappa shape index (κ3) is 46.0. The van der Waals surface area contributed by atoms with Crippen LogP contribution >= 0.6 is 0 Å². The van der Waals surface area contributed by atoms with Gasteiger partial charge in [0.25, 0.3) is 0 Å². The molecule has 1 heterocycles. The standard InChI is InChI=1S/C69H116O12/c1-4-7-10-13-16-19-22-25-28-30-31-33-36-39-42-45-48-51-54-57-63(72)80-67-65(74)64(73)66(68(75)76)81-69(67)78-59-60(79-62(71)56-53-50-47-44-41-38-34-27-24-21-18-15-12-9-6-3)58-77-61(70)55-52-49-46-43-40-37-35-32-29-26-23-20-17-14-11-8-5-2/h7,10,16,18-19,21,25-29,31,33-34,60,64-67,69,73-74H,4-6,8-9,11-15,17,20,22-24,30,32,35-59H2,1-3H3,(H,75,76)/b10-7-,19-16-,21-18-,28-25-,29-26-,33-31-,34-27-. The Kier molecular flexibility index (Phi) is 52.1. The van der Waals surface area contributed by atoms with E-state index in [9.17, 15) is 34.5 Å². The number of ether oxygens (including phenoxy) is 5. The molecular weight excluding hydrogens is 1020 g/mol. The van der Waals surface area contributed by atoms with Crippen molar-refractivity contribution < 1.29 is 58.2 Å². The lowest BCUT2D eigenvalue weighted by Gasteiger charge is -2.40. The summed E-state index contributed by atoms with van der Waals surface area (Å²) in [5.74, 6) is -3.15. The first-order chi connectivity index (χ1) is 39.6. The summed E-state index contributed by atoms with van der Waals surface area (Å²) in [6, 6.07) is 0. The van der Waals surface area contributed by atoms with E-state index in [-0.39, 0.29) is 25.9 Å². The Morgan fingerprint density at radius 1 is 0.420 bits per heavy atom. The van der Waals surface area contributed by atoms with Crippen LogP contribution in [-0.2, 0) is 42.9 Å². The normalized spacial score (nSPS) is 18.3. The average Bonchev–Trinajstić information content (AvgIpc) is 3.54. The molecule has 0 aromatic rings. The summed E-state index contributed by atoms with van der Waals surface area (Å²) in [5.41, 5.74) is 0. The number of rotatable bonds is 55. The Labute approximate surface area is 492 Å². The number of hydrogen-bond acceptors (Lipinski definition) is 11. The van der Waals surface area contributed by atoms with E-state index in [0.29, 0.717) is 19.3 Å². The van der Waals surface area contributed by atoms with E-state index in [1.165, 1.54) is 83.5 Å². The second-order valence-corrected chi connectivity index (χ2v) is 22.0. The maximum atomic E-state index is 13.2. The van der Waals surface area contributed by atoms with Crippen LogP contribution in [0, 0.1) is 0 Å². The van der Waals surface area contributed by atoms with Crippen molar-refractivity contribution in [1.29, 1.82) is 0 Å². The highest BCUT2D eigenvalue weighted by Crippen LogP contribution is 2.26. The number of carboxylic acid groups (broad SMARTS) is 1. The molecule has 1 aliphatic rings. The van der Waals surface area contributed by atoms with Crippen molar-refractivity contribution in [1.82, 2.24) is 0 Å². The molecule has 1 fully saturated rings. The molecule has 0 amide bonds. The predicted molar refractivity (Wildman–Crippen MR) is 331 cm³/mol. The zero-order valence-electron chi connectivity index (χ0n) is 51.3. The SMILES string of the molecule is CC/C=C\C/C=C\C/C=C\C/C=C\CCCCCCCCC(=O)OC1C(OCC(COC(=O)CCCCCCCCC/C=C\CCCCCCCC)OC(=O)CCCCCCC/C=C\C/C=C\CCCCC)OC(C(=O)O)C(O)C1O. The summed E-state index contributed by atoms with van der Waals surface area (Å²) in [7, 11) is 0. The van der Waals surface area contributed by atoms with Crippen LogP contribution in [-0.4, -0.2) is 89.2 Å². The monoisotopic (exact) mass is 1140 g/mol. The fourth-order valence-electron chi connectivity index (χ4n) is 9.44. The fourth-order valence-corrected chi connectivity index (χ4v) is 9.44. The van der Waals surface area contributed by atoms with Crippen LogP contribution < -0.4 is 0 Å². The van der Waals surface area contributed by atoms with Gasteiger partial charge >= 0.3 is 23.9 Å². The number of carbonyl (C=O) groups excluding carboxylic acids is 3. The summed E-state index contributed by atoms with van der Waals surface area (Å²) in [6.45, 7) is 5.85. The first kappa shape index (κ1) is 74.9. The molecule has 6 unspecified atom stereocenters. The van der Waals surface area contributed by atoms with Crippen LogP contribution in [0.5, 0.6) is 0 Å². The van der Waals surface area contributed by atoms with Gasteiger partial charge in [0.1, 0.15) is 18.8 Å². The van der Waals surface area contributed by atoms with Crippen LogP contribution in [0.2, 0.25) is 0 Å². The average molecular weight is 1140 g/mol. The van der Waals surface area contributed by atoms with Gasteiger partial charge < -0.3 is 39.0 Å². The highest BCUT2D eigenvalue weighted by Gasteiger charge is 2.50. The molecule has 0 aliphatic carbocycles. The topological polar surface area (TPSA) is 175 Å². The molecule has 6 atom stereocenters. The maximum Gasteiger partial charge on any atom is 0.335 e. The van der Waals surface area contributed by atoms with Gasteiger partial charge in [0.05, 0.1) is 6.61 Å². The second kappa shape index (κ2) is 56.4. The molecule has 0 radical (unpaired) electrons. The van der Waals surface area contributed by atoms with Crippen molar-refractivity contribution >= 4 is 23.9 Å². The molecule has 1 saturated heterocycles. The van der Waals surface area contributed by atoms with E-state index >= 15 is 0 Å². The zero-order valence-corrected chi connectivity index (χ0v) is 51.3. The molecule has 12 heteroatoms. The maximum absolute atomic E-state index is 13.2. The summed E-state index contributed by atoms with van der Waals surface area (Å²) in [5, 5.41) is 31.6.